The molecule has 0 aliphatic heterocycles. The maximum atomic E-state index is 6.06. The van der Waals surface area contributed by atoms with Crippen molar-refractivity contribution in [3.05, 3.63) is 87.8 Å². The molecular formula is C21H13Br2N2O+. The van der Waals surface area contributed by atoms with E-state index in [0.717, 1.165) is 25.6 Å². The third-order valence-electron chi connectivity index (χ3n) is 3.77. The largest absolute Gasteiger partial charge is 0.464 e. The molecule has 0 radical (unpaired) electrons. The Labute approximate surface area is 168 Å². The van der Waals surface area contributed by atoms with Gasteiger partial charge in [0.1, 0.15) is 11.1 Å². The summed E-state index contributed by atoms with van der Waals surface area (Å²) < 4.78 is 7.94. The molecule has 4 rings (SSSR count). The second kappa shape index (κ2) is 7.48. The molecule has 0 atom stereocenters. The van der Waals surface area contributed by atoms with Crippen molar-refractivity contribution in [3.63, 3.8) is 0 Å². The summed E-state index contributed by atoms with van der Waals surface area (Å²) in [5.74, 6) is 1.67. The van der Waals surface area contributed by atoms with E-state index in [9.17, 15) is 0 Å². The molecule has 0 N–H and O–H groups in total. The van der Waals surface area contributed by atoms with Gasteiger partial charge in [0.15, 0.2) is 5.82 Å². The minimum absolute atomic E-state index is 0.514. The van der Waals surface area contributed by atoms with Gasteiger partial charge in [-0.05, 0) is 30.3 Å². The maximum Gasteiger partial charge on any atom is 0.464 e. The van der Waals surface area contributed by atoms with Crippen LogP contribution in [-0.4, -0.2) is 9.97 Å². The van der Waals surface area contributed by atoms with Crippen LogP contribution in [0.4, 0.5) is 0 Å². The highest BCUT2D eigenvalue weighted by molar-refractivity contribution is 9.11. The fourth-order valence-corrected chi connectivity index (χ4v) is 3.87. The molecule has 0 aliphatic carbocycles. The second-order valence-corrected chi connectivity index (χ2v) is 7.48. The fraction of sp³-hybridized carbons (Fsp3) is 0. The molecule has 3 nitrogen and oxygen atoms in total. The van der Waals surface area contributed by atoms with E-state index in [1.54, 1.807) is 0 Å². The topological polar surface area (TPSA) is 37.1 Å². The molecule has 0 aliphatic rings. The summed E-state index contributed by atoms with van der Waals surface area (Å²) in [7, 11) is 0. The van der Waals surface area contributed by atoms with Crippen molar-refractivity contribution < 1.29 is 4.42 Å². The monoisotopic (exact) mass is 467 g/mol. The lowest BCUT2D eigenvalue weighted by Crippen LogP contribution is -1.95. The van der Waals surface area contributed by atoms with Gasteiger partial charge in [-0.3, -0.25) is 0 Å². The van der Waals surface area contributed by atoms with Crippen LogP contribution >= 0.6 is 31.9 Å². The summed E-state index contributed by atoms with van der Waals surface area (Å²) in [6, 6.07) is 25.7. The average molecular weight is 469 g/mol. The van der Waals surface area contributed by atoms with E-state index in [4.69, 9.17) is 4.42 Å². The van der Waals surface area contributed by atoms with Gasteiger partial charge < -0.3 is 0 Å². The zero-order valence-electron chi connectivity index (χ0n) is 13.6. The molecule has 0 saturated heterocycles. The van der Waals surface area contributed by atoms with Crippen molar-refractivity contribution in [2.45, 2.75) is 0 Å². The second-order valence-electron chi connectivity index (χ2n) is 5.65. The molecular weight excluding hydrogens is 456 g/mol. The Morgan fingerprint density at radius 1 is 0.577 bits per heavy atom. The molecule has 0 spiro atoms. The van der Waals surface area contributed by atoms with Gasteiger partial charge in [0.2, 0.25) is 0 Å². The average Bonchev–Trinajstić information content (AvgIpc) is 2.68. The minimum Gasteiger partial charge on any atom is -0.166 e. The molecule has 1 aromatic heterocycles. The van der Waals surface area contributed by atoms with Crippen LogP contribution in [0.2, 0.25) is 0 Å². The number of rotatable bonds is 3. The van der Waals surface area contributed by atoms with Gasteiger partial charge in [-0.1, -0.05) is 80.4 Å². The standard InChI is InChI=1S/C21H13Br2N2O/c22-17-11-16(12-18(23)13-17)21-25-19(14-7-3-1-4-8-14)24-20(26-21)15-9-5-2-6-10-15/h1-13H/q+1. The van der Waals surface area contributed by atoms with Crippen LogP contribution in [0.1, 0.15) is 0 Å². The normalized spacial score (nSPS) is 10.7. The van der Waals surface area contributed by atoms with Crippen LogP contribution in [0.5, 0.6) is 0 Å². The summed E-state index contributed by atoms with van der Waals surface area (Å²) in [6.07, 6.45) is 0. The number of benzene rings is 3. The van der Waals surface area contributed by atoms with Gasteiger partial charge in [-0.15, -0.1) is 9.97 Å². The molecule has 0 fully saturated rings. The summed E-state index contributed by atoms with van der Waals surface area (Å²) in [4.78, 5) is 9.31. The van der Waals surface area contributed by atoms with E-state index in [2.05, 4.69) is 41.8 Å². The predicted molar refractivity (Wildman–Crippen MR) is 110 cm³/mol. The summed E-state index contributed by atoms with van der Waals surface area (Å²) >= 11 is 7.04. The van der Waals surface area contributed by atoms with Crippen LogP contribution < -0.4 is 0 Å². The van der Waals surface area contributed by atoms with Crippen molar-refractivity contribution in [2.75, 3.05) is 0 Å². The summed E-state index contributed by atoms with van der Waals surface area (Å²) in [5.41, 5.74) is 2.71. The van der Waals surface area contributed by atoms with Crippen molar-refractivity contribution >= 4 is 31.9 Å². The number of hydrogen-bond acceptors (Lipinski definition) is 2. The first-order valence-corrected chi connectivity index (χ1v) is 9.57. The number of nitrogens with zero attached hydrogens (tertiary/aromatic N) is 2. The Morgan fingerprint density at radius 3 is 1.65 bits per heavy atom. The molecule has 126 valence electrons. The third kappa shape index (κ3) is 3.74. The first-order chi connectivity index (χ1) is 12.7. The number of halogens is 2. The summed E-state index contributed by atoms with van der Waals surface area (Å²) in [6.45, 7) is 0. The van der Waals surface area contributed by atoms with E-state index in [1.807, 2.05) is 78.9 Å². The predicted octanol–water partition coefficient (Wildman–Crippen LogP) is 6.88. The zero-order chi connectivity index (χ0) is 17.9. The van der Waals surface area contributed by atoms with Gasteiger partial charge >= 0.3 is 11.8 Å². The van der Waals surface area contributed by atoms with Crippen LogP contribution in [0, 0.1) is 0 Å². The summed E-state index contributed by atoms with van der Waals surface area (Å²) in [5, 5.41) is 0. The molecule has 1 heterocycles. The van der Waals surface area contributed by atoms with Gasteiger partial charge in [-0.2, -0.15) is 4.42 Å². The smallest absolute Gasteiger partial charge is 0.166 e. The maximum absolute atomic E-state index is 6.06. The quantitative estimate of drug-likeness (QED) is 0.307. The Morgan fingerprint density at radius 2 is 1.08 bits per heavy atom. The Balaban J connectivity index is 1.93. The van der Waals surface area contributed by atoms with Gasteiger partial charge in [0, 0.05) is 14.5 Å². The molecule has 0 bridgehead atoms. The molecule has 0 unspecified atom stereocenters. The molecule has 0 saturated carbocycles. The van der Waals surface area contributed by atoms with E-state index in [0.29, 0.717) is 17.6 Å². The van der Waals surface area contributed by atoms with E-state index >= 15 is 0 Å². The van der Waals surface area contributed by atoms with E-state index in [-0.39, 0.29) is 0 Å². The minimum atomic E-state index is 0.514. The number of hydrogen-bond donors (Lipinski definition) is 0. The third-order valence-corrected chi connectivity index (χ3v) is 4.69. The molecule has 4 aromatic rings. The Bertz CT molecular complexity index is 976. The number of aromatic nitrogens is 2. The lowest BCUT2D eigenvalue weighted by Gasteiger charge is -2.01. The highest BCUT2D eigenvalue weighted by Gasteiger charge is 2.24. The zero-order valence-corrected chi connectivity index (χ0v) is 16.7. The van der Waals surface area contributed by atoms with Gasteiger partial charge in [0.05, 0.1) is 0 Å². The van der Waals surface area contributed by atoms with Crippen LogP contribution in [0.3, 0.4) is 0 Å². The SMILES string of the molecule is Brc1cc(Br)cc(-c2nc(-c3ccccc3)nc(-c3ccccc3)[o+]2)c1. The lowest BCUT2D eigenvalue weighted by molar-refractivity contribution is 0.540. The lowest BCUT2D eigenvalue weighted by atomic mass is 10.2. The van der Waals surface area contributed by atoms with Crippen LogP contribution in [0.15, 0.2) is 92.2 Å². The molecule has 3 aromatic carbocycles. The van der Waals surface area contributed by atoms with Crippen molar-refractivity contribution in [1.82, 2.24) is 9.97 Å². The van der Waals surface area contributed by atoms with Gasteiger partial charge in [0.25, 0.3) is 0 Å². The highest BCUT2D eigenvalue weighted by Crippen LogP contribution is 2.30. The first-order valence-electron chi connectivity index (χ1n) is 7.98. The highest BCUT2D eigenvalue weighted by atomic mass is 79.9. The molecule has 5 heteroatoms. The van der Waals surface area contributed by atoms with E-state index in [1.165, 1.54) is 0 Å². The Kier molecular flexibility index (Phi) is 4.91. The van der Waals surface area contributed by atoms with E-state index < -0.39 is 0 Å². The van der Waals surface area contributed by atoms with Crippen molar-refractivity contribution in [3.8, 4) is 34.3 Å². The first kappa shape index (κ1) is 17.1. The fourth-order valence-electron chi connectivity index (χ4n) is 2.58. The molecule has 26 heavy (non-hydrogen) atoms. The van der Waals surface area contributed by atoms with Crippen molar-refractivity contribution in [2.24, 2.45) is 0 Å². The molecule has 0 amide bonds. The van der Waals surface area contributed by atoms with Gasteiger partial charge in [-0.25, -0.2) is 0 Å². The Hall–Kier alpha value is -2.37. The van der Waals surface area contributed by atoms with Crippen molar-refractivity contribution in [1.29, 1.82) is 0 Å². The van der Waals surface area contributed by atoms with Crippen LogP contribution in [-0.2, 0) is 0 Å². The van der Waals surface area contributed by atoms with Crippen LogP contribution in [0.25, 0.3) is 34.3 Å².